The Bertz CT molecular complexity index is 827. The van der Waals surface area contributed by atoms with Gasteiger partial charge in [0, 0.05) is 31.8 Å². The minimum Gasteiger partial charge on any atom is -0.395 e. The molecule has 11 heteroatoms. The first-order chi connectivity index (χ1) is 11.0. The van der Waals surface area contributed by atoms with Crippen molar-refractivity contribution < 1.29 is 15.1 Å². The quantitative estimate of drug-likeness (QED) is 0.290. The van der Waals surface area contributed by atoms with Crippen molar-refractivity contribution in [3.63, 3.8) is 0 Å². The van der Waals surface area contributed by atoms with Gasteiger partial charge in [0.25, 0.3) is 5.69 Å². The maximum absolute atomic E-state index is 11.5. The first-order valence-corrected chi connectivity index (χ1v) is 6.84. The number of hydrogen-bond acceptors (Lipinski definition) is 7. The summed E-state index contributed by atoms with van der Waals surface area (Å²) in [5.74, 6) is 0. The van der Waals surface area contributed by atoms with E-state index in [0.29, 0.717) is 5.56 Å². The summed E-state index contributed by atoms with van der Waals surface area (Å²) in [5.41, 5.74) is -1.16. The van der Waals surface area contributed by atoms with Crippen LogP contribution in [0.15, 0.2) is 21.7 Å². The maximum atomic E-state index is 11.5. The number of fused-ring (bicyclic) bond motifs is 1. The summed E-state index contributed by atoms with van der Waals surface area (Å²) in [4.78, 5) is 39.7. The van der Waals surface area contributed by atoms with E-state index in [4.69, 9.17) is 10.2 Å². The van der Waals surface area contributed by atoms with Gasteiger partial charge in [-0.2, -0.15) is 0 Å². The third-order valence-electron chi connectivity index (χ3n) is 3.33. The van der Waals surface area contributed by atoms with Crippen molar-refractivity contribution in [2.45, 2.75) is 6.54 Å². The van der Waals surface area contributed by atoms with Crippen molar-refractivity contribution in [2.75, 3.05) is 26.3 Å². The molecule has 2 aromatic rings. The number of nitrogens with zero attached hydrogens (tertiary/aromatic N) is 2. The monoisotopic (exact) mass is 360 g/mol. The number of nitro benzene ring substituents is 1. The van der Waals surface area contributed by atoms with Crippen molar-refractivity contribution in [3.8, 4) is 0 Å². The van der Waals surface area contributed by atoms with E-state index in [2.05, 4.69) is 9.97 Å². The lowest BCUT2D eigenvalue weighted by Crippen LogP contribution is -2.31. The smallest absolute Gasteiger partial charge is 0.314 e. The van der Waals surface area contributed by atoms with Gasteiger partial charge in [-0.25, -0.2) is 0 Å². The molecule has 0 amide bonds. The number of hydrogen-bond donors (Lipinski definition) is 4. The van der Waals surface area contributed by atoms with Gasteiger partial charge in [0.05, 0.1) is 29.2 Å². The van der Waals surface area contributed by atoms with Crippen LogP contribution >= 0.6 is 12.4 Å². The molecule has 0 aliphatic rings. The number of rotatable bonds is 7. The lowest BCUT2D eigenvalue weighted by atomic mass is 10.1. The Morgan fingerprint density at radius 2 is 1.67 bits per heavy atom. The Hall–Kier alpha value is -2.27. The molecule has 0 bridgehead atoms. The molecule has 0 saturated carbocycles. The molecule has 0 aliphatic carbocycles. The largest absolute Gasteiger partial charge is 0.395 e. The van der Waals surface area contributed by atoms with Crippen molar-refractivity contribution in [1.29, 1.82) is 0 Å². The van der Waals surface area contributed by atoms with Crippen LogP contribution in [0.1, 0.15) is 5.56 Å². The van der Waals surface area contributed by atoms with Crippen LogP contribution in [0.5, 0.6) is 0 Å². The maximum Gasteiger partial charge on any atom is 0.314 e. The first-order valence-electron chi connectivity index (χ1n) is 6.84. The zero-order valence-corrected chi connectivity index (χ0v) is 13.3. The van der Waals surface area contributed by atoms with Gasteiger partial charge in [-0.1, -0.05) is 0 Å². The number of nitro groups is 1. The summed E-state index contributed by atoms with van der Waals surface area (Å²) in [6.07, 6.45) is 0. The summed E-state index contributed by atoms with van der Waals surface area (Å²) in [6, 6.07) is 2.46. The number of benzene rings is 1. The van der Waals surface area contributed by atoms with Gasteiger partial charge in [-0.3, -0.25) is 24.6 Å². The van der Waals surface area contributed by atoms with Gasteiger partial charge in [0.1, 0.15) is 0 Å². The van der Waals surface area contributed by atoms with Gasteiger partial charge < -0.3 is 20.2 Å². The van der Waals surface area contributed by atoms with Crippen LogP contribution in [-0.2, 0) is 6.54 Å². The average Bonchev–Trinajstić information content (AvgIpc) is 2.49. The molecule has 132 valence electrons. The molecule has 0 spiro atoms. The fraction of sp³-hybridized carbons (Fsp3) is 0.385. The second kappa shape index (κ2) is 8.55. The SMILES string of the molecule is Cl.O=c1[nH]c2cc([N+](=O)[O-])cc(CN(CCO)CCO)c2[nH]c1=O. The minimum absolute atomic E-state index is 0. The number of aliphatic hydroxyl groups is 2. The highest BCUT2D eigenvalue weighted by atomic mass is 35.5. The van der Waals surface area contributed by atoms with Crippen LogP contribution in [-0.4, -0.2) is 56.3 Å². The van der Waals surface area contributed by atoms with E-state index in [1.54, 1.807) is 4.90 Å². The molecular weight excluding hydrogens is 344 g/mol. The number of aromatic amines is 2. The predicted molar refractivity (Wildman–Crippen MR) is 88.5 cm³/mol. The summed E-state index contributed by atoms with van der Waals surface area (Å²) < 4.78 is 0. The van der Waals surface area contributed by atoms with Crippen molar-refractivity contribution >= 4 is 29.1 Å². The zero-order valence-electron chi connectivity index (χ0n) is 12.5. The Balaban J connectivity index is 0.00000288. The van der Waals surface area contributed by atoms with Crippen LogP contribution in [0, 0.1) is 10.1 Å². The Kier molecular flexibility index (Phi) is 7.04. The van der Waals surface area contributed by atoms with E-state index < -0.39 is 16.0 Å². The molecule has 0 radical (unpaired) electrons. The molecular formula is C13H17ClN4O6. The fourth-order valence-electron chi connectivity index (χ4n) is 2.30. The van der Waals surface area contributed by atoms with E-state index in [9.17, 15) is 19.7 Å². The van der Waals surface area contributed by atoms with Crippen molar-refractivity contribution in [3.05, 3.63) is 48.5 Å². The standard InChI is InChI=1S/C13H16N4O6.ClH/c18-3-1-16(2-4-19)7-8-5-9(17(22)23)6-10-11(8)15-13(21)12(20)14-10;/h5-6,18-19H,1-4,7H2,(H,14,20)(H,15,21);1H. The molecule has 0 fully saturated rings. The number of aromatic nitrogens is 2. The molecule has 24 heavy (non-hydrogen) atoms. The van der Waals surface area contributed by atoms with Crippen LogP contribution < -0.4 is 11.1 Å². The number of halogens is 1. The molecule has 0 unspecified atom stereocenters. The molecule has 0 aliphatic heterocycles. The summed E-state index contributed by atoms with van der Waals surface area (Å²) in [6.45, 7) is 0.346. The minimum atomic E-state index is -0.897. The molecule has 1 heterocycles. The second-order valence-electron chi connectivity index (χ2n) is 4.92. The molecule has 10 nitrogen and oxygen atoms in total. The number of aliphatic hydroxyl groups excluding tert-OH is 2. The Labute approximate surface area is 141 Å². The predicted octanol–water partition coefficient (Wildman–Crippen LogP) is -0.667. The van der Waals surface area contributed by atoms with E-state index in [-0.39, 0.29) is 62.0 Å². The molecule has 2 rings (SSSR count). The molecule has 0 atom stereocenters. The molecule has 0 saturated heterocycles. The topological polar surface area (TPSA) is 153 Å². The normalized spacial score (nSPS) is 10.8. The van der Waals surface area contributed by atoms with E-state index in [0.717, 1.165) is 0 Å². The van der Waals surface area contributed by atoms with Crippen LogP contribution in [0.25, 0.3) is 11.0 Å². The van der Waals surface area contributed by atoms with E-state index in [1.165, 1.54) is 12.1 Å². The third kappa shape index (κ3) is 4.38. The van der Waals surface area contributed by atoms with Gasteiger partial charge in [0.15, 0.2) is 0 Å². The fourth-order valence-corrected chi connectivity index (χ4v) is 2.30. The number of nitrogens with one attached hydrogen (secondary N) is 2. The van der Waals surface area contributed by atoms with Gasteiger partial charge in [-0.05, 0) is 5.56 Å². The molecule has 1 aromatic heterocycles. The molecule has 4 N–H and O–H groups in total. The summed E-state index contributed by atoms with van der Waals surface area (Å²) >= 11 is 0. The van der Waals surface area contributed by atoms with Gasteiger partial charge in [0.2, 0.25) is 0 Å². The van der Waals surface area contributed by atoms with Crippen molar-refractivity contribution in [2.24, 2.45) is 0 Å². The summed E-state index contributed by atoms with van der Waals surface area (Å²) in [5, 5.41) is 29.1. The average molecular weight is 361 g/mol. The van der Waals surface area contributed by atoms with Crippen LogP contribution in [0.2, 0.25) is 0 Å². The third-order valence-corrected chi connectivity index (χ3v) is 3.33. The zero-order chi connectivity index (χ0) is 17.0. The Morgan fingerprint density at radius 3 is 2.21 bits per heavy atom. The Morgan fingerprint density at radius 1 is 1.08 bits per heavy atom. The van der Waals surface area contributed by atoms with Gasteiger partial charge in [-0.15, -0.1) is 12.4 Å². The van der Waals surface area contributed by atoms with Crippen LogP contribution in [0.4, 0.5) is 5.69 Å². The highest BCUT2D eigenvalue weighted by molar-refractivity contribution is 5.85. The number of non-ortho nitro benzene ring substituents is 1. The lowest BCUT2D eigenvalue weighted by Gasteiger charge is -2.20. The second-order valence-corrected chi connectivity index (χ2v) is 4.92. The summed E-state index contributed by atoms with van der Waals surface area (Å²) in [7, 11) is 0. The van der Waals surface area contributed by atoms with E-state index >= 15 is 0 Å². The first kappa shape index (κ1) is 19.8. The van der Waals surface area contributed by atoms with Crippen molar-refractivity contribution in [1.82, 2.24) is 14.9 Å². The van der Waals surface area contributed by atoms with Crippen LogP contribution in [0.3, 0.4) is 0 Å². The highest BCUT2D eigenvalue weighted by Gasteiger charge is 2.16. The van der Waals surface area contributed by atoms with E-state index in [1.807, 2.05) is 0 Å². The molecule has 1 aromatic carbocycles. The lowest BCUT2D eigenvalue weighted by molar-refractivity contribution is -0.384. The highest BCUT2D eigenvalue weighted by Crippen LogP contribution is 2.22. The number of H-pyrrole nitrogens is 2. The van der Waals surface area contributed by atoms with Gasteiger partial charge >= 0.3 is 11.1 Å².